The van der Waals surface area contributed by atoms with Crippen molar-refractivity contribution in [2.45, 2.75) is 0 Å². The molecular formula is C23H15N3O6. The molecule has 0 aliphatic heterocycles. The lowest BCUT2D eigenvalue weighted by atomic mass is 10.1. The number of aromatic carboxylic acids is 1. The van der Waals surface area contributed by atoms with E-state index in [1.54, 1.807) is 18.2 Å². The summed E-state index contributed by atoms with van der Waals surface area (Å²) in [5, 5.41) is 30.1. The van der Waals surface area contributed by atoms with Crippen LogP contribution in [0.25, 0.3) is 28.7 Å². The molecule has 2 N–H and O–H groups in total. The highest BCUT2D eigenvalue weighted by atomic mass is 16.6. The maximum absolute atomic E-state index is 13.2. The molecule has 4 aromatic rings. The topological polar surface area (TPSA) is 136 Å². The third-order valence-electron chi connectivity index (χ3n) is 4.76. The molecular weight excluding hydrogens is 414 g/mol. The fourth-order valence-electron chi connectivity index (χ4n) is 3.22. The second-order valence-corrected chi connectivity index (χ2v) is 6.85. The number of phenolic OH excluding ortho intramolecular Hbond substituents is 1. The van der Waals surface area contributed by atoms with Gasteiger partial charge >= 0.3 is 5.97 Å². The number of hydrogen-bond donors (Lipinski definition) is 2. The van der Waals surface area contributed by atoms with Gasteiger partial charge in [0.1, 0.15) is 11.6 Å². The molecule has 158 valence electrons. The predicted molar refractivity (Wildman–Crippen MR) is 118 cm³/mol. The van der Waals surface area contributed by atoms with E-state index in [0.717, 1.165) is 0 Å². The second kappa shape index (κ2) is 8.15. The van der Waals surface area contributed by atoms with Gasteiger partial charge in [-0.05, 0) is 54.1 Å². The van der Waals surface area contributed by atoms with Gasteiger partial charge in [-0.25, -0.2) is 9.78 Å². The zero-order valence-corrected chi connectivity index (χ0v) is 16.4. The lowest BCUT2D eigenvalue weighted by Crippen LogP contribution is -2.22. The van der Waals surface area contributed by atoms with Crippen LogP contribution in [0.2, 0.25) is 0 Å². The van der Waals surface area contributed by atoms with Crippen molar-refractivity contribution in [3.8, 4) is 11.4 Å². The van der Waals surface area contributed by atoms with Gasteiger partial charge in [-0.3, -0.25) is 19.5 Å². The maximum atomic E-state index is 13.2. The van der Waals surface area contributed by atoms with Gasteiger partial charge in [-0.2, -0.15) is 0 Å². The fourth-order valence-corrected chi connectivity index (χ4v) is 3.22. The van der Waals surface area contributed by atoms with Crippen LogP contribution in [0.1, 0.15) is 21.7 Å². The Morgan fingerprint density at radius 3 is 2.47 bits per heavy atom. The summed E-state index contributed by atoms with van der Waals surface area (Å²) in [6, 6.07) is 15.9. The molecule has 32 heavy (non-hydrogen) atoms. The average molecular weight is 429 g/mol. The largest absolute Gasteiger partial charge is 0.508 e. The first-order valence-electron chi connectivity index (χ1n) is 9.35. The average Bonchev–Trinajstić information content (AvgIpc) is 2.78. The van der Waals surface area contributed by atoms with Gasteiger partial charge in [0.15, 0.2) is 0 Å². The van der Waals surface area contributed by atoms with E-state index < -0.39 is 16.5 Å². The predicted octanol–water partition coefficient (Wildman–Crippen LogP) is 3.87. The Morgan fingerprint density at radius 2 is 1.78 bits per heavy atom. The van der Waals surface area contributed by atoms with E-state index in [1.807, 2.05) is 0 Å². The summed E-state index contributed by atoms with van der Waals surface area (Å²) in [7, 11) is 0. The summed E-state index contributed by atoms with van der Waals surface area (Å²) in [5.41, 5.74) is 0.777. The normalized spacial score (nSPS) is 11.1. The minimum Gasteiger partial charge on any atom is -0.508 e. The van der Waals surface area contributed by atoms with E-state index >= 15 is 0 Å². The van der Waals surface area contributed by atoms with E-state index in [4.69, 9.17) is 5.11 Å². The number of carboxylic acid groups (broad SMARTS) is 1. The molecule has 0 fully saturated rings. The SMILES string of the molecule is O=C(O)c1ccc(-n2c(/C=C/c3cccc([N+](=O)[O-])c3)nc3ccc(O)cc3c2=O)cc1. The molecule has 3 aromatic carbocycles. The Bertz CT molecular complexity index is 1460. The summed E-state index contributed by atoms with van der Waals surface area (Å²) in [4.78, 5) is 39.4. The fraction of sp³-hybridized carbons (Fsp3) is 0. The number of phenols is 1. The monoisotopic (exact) mass is 429 g/mol. The molecule has 0 radical (unpaired) electrons. The molecule has 4 rings (SSSR count). The molecule has 0 spiro atoms. The summed E-state index contributed by atoms with van der Waals surface area (Å²) in [5.74, 6) is -0.969. The molecule has 1 heterocycles. The van der Waals surface area contributed by atoms with Gasteiger partial charge in [0.05, 0.1) is 27.1 Å². The van der Waals surface area contributed by atoms with Crippen molar-refractivity contribution in [2.24, 2.45) is 0 Å². The highest BCUT2D eigenvalue weighted by Crippen LogP contribution is 2.20. The van der Waals surface area contributed by atoms with E-state index in [2.05, 4.69) is 4.98 Å². The molecule has 9 heteroatoms. The Balaban J connectivity index is 1.90. The molecule has 0 amide bonds. The van der Waals surface area contributed by atoms with Crippen molar-refractivity contribution in [1.29, 1.82) is 0 Å². The van der Waals surface area contributed by atoms with Crippen molar-refractivity contribution in [3.63, 3.8) is 0 Å². The Kier molecular flexibility index (Phi) is 5.22. The van der Waals surface area contributed by atoms with Crippen LogP contribution in [0, 0.1) is 10.1 Å². The van der Waals surface area contributed by atoms with Gasteiger partial charge in [-0.15, -0.1) is 0 Å². The Labute approximate surface area is 180 Å². The van der Waals surface area contributed by atoms with Crippen molar-refractivity contribution in [2.75, 3.05) is 0 Å². The van der Waals surface area contributed by atoms with E-state index in [9.17, 15) is 24.8 Å². The standard InChI is InChI=1S/C23H15N3O6/c27-18-9-10-20-19(13-18)22(28)25(16-7-5-15(6-8-16)23(29)30)21(24-20)11-4-14-2-1-3-17(12-14)26(31)32/h1-13,27H,(H,29,30)/b11-4+. The summed E-state index contributed by atoms with van der Waals surface area (Å²) >= 11 is 0. The molecule has 1 aromatic heterocycles. The molecule has 0 saturated carbocycles. The molecule has 0 aliphatic rings. The number of non-ortho nitro benzene ring substituents is 1. The van der Waals surface area contributed by atoms with Crippen LogP contribution in [0.3, 0.4) is 0 Å². The minimum atomic E-state index is -1.10. The number of rotatable bonds is 5. The molecule has 0 saturated heterocycles. The van der Waals surface area contributed by atoms with Crippen molar-refractivity contribution < 1.29 is 19.9 Å². The van der Waals surface area contributed by atoms with Crippen LogP contribution in [-0.2, 0) is 0 Å². The van der Waals surface area contributed by atoms with Gasteiger partial charge in [-0.1, -0.05) is 18.2 Å². The highest BCUT2D eigenvalue weighted by molar-refractivity contribution is 5.88. The smallest absolute Gasteiger partial charge is 0.335 e. The van der Waals surface area contributed by atoms with Gasteiger partial charge < -0.3 is 10.2 Å². The lowest BCUT2D eigenvalue weighted by Gasteiger charge is -2.12. The summed E-state index contributed by atoms with van der Waals surface area (Å²) < 4.78 is 1.28. The van der Waals surface area contributed by atoms with Gasteiger partial charge in [0, 0.05) is 12.1 Å². The Morgan fingerprint density at radius 1 is 1.03 bits per heavy atom. The maximum Gasteiger partial charge on any atom is 0.335 e. The zero-order chi connectivity index (χ0) is 22.8. The second-order valence-electron chi connectivity index (χ2n) is 6.85. The number of nitro benzene ring substituents is 1. The van der Waals surface area contributed by atoms with Crippen molar-refractivity contribution >= 4 is 34.7 Å². The van der Waals surface area contributed by atoms with Crippen LogP contribution in [0.15, 0.2) is 71.5 Å². The summed E-state index contributed by atoms with van der Waals surface area (Å²) in [6.45, 7) is 0. The number of nitrogens with zero attached hydrogens (tertiary/aromatic N) is 3. The van der Waals surface area contributed by atoms with E-state index in [0.29, 0.717) is 16.8 Å². The van der Waals surface area contributed by atoms with E-state index in [-0.39, 0.29) is 28.2 Å². The molecule has 0 atom stereocenters. The number of fused-ring (bicyclic) bond motifs is 1. The number of carboxylic acids is 1. The molecule has 0 unspecified atom stereocenters. The summed E-state index contributed by atoms with van der Waals surface area (Å²) in [6.07, 6.45) is 3.13. The Hall–Kier alpha value is -4.79. The van der Waals surface area contributed by atoms with Crippen molar-refractivity contribution in [1.82, 2.24) is 9.55 Å². The number of carbonyl (C=O) groups is 1. The number of aromatic nitrogens is 2. The quantitative estimate of drug-likeness (QED) is 0.363. The number of benzene rings is 3. The van der Waals surface area contributed by atoms with Gasteiger partial charge in [0.25, 0.3) is 11.2 Å². The van der Waals surface area contributed by atoms with E-state index in [1.165, 1.54) is 65.2 Å². The highest BCUT2D eigenvalue weighted by Gasteiger charge is 2.13. The first-order valence-corrected chi connectivity index (χ1v) is 9.35. The lowest BCUT2D eigenvalue weighted by molar-refractivity contribution is -0.384. The molecule has 0 bridgehead atoms. The first kappa shape index (κ1) is 20.5. The third kappa shape index (κ3) is 3.94. The minimum absolute atomic E-state index is 0.0573. The van der Waals surface area contributed by atoms with Crippen LogP contribution >= 0.6 is 0 Å². The third-order valence-corrected chi connectivity index (χ3v) is 4.76. The number of hydrogen-bond acceptors (Lipinski definition) is 6. The first-order chi connectivity index (χ1) is 15.3. The number of aromatic hydroxyl groups is 1. The number of nitro groups is 1. The van der Waals surface area contributed by atoms with Crippen LogP contribution in [-0.4, -0.2) is 30.7 Å². The van der Waals surface area contributed by atoms with Crippen molar-refractivity contribution in [3.05, 3.63) is 104 Å². The zero-order valence-electron chi connectivity index (χ0n) is 16.4. The molecule has 9 nitrogen and oxygen atoms in total. The van der Waals surface area contributed by atoms with Crippen LogP contribution < -0.4 is 5.56 Å². The van der Waals surface area contributed by atoms with Crippen LogP contribution in [0.4, 0.5) is 5.69 Å². The van der Waals surface area contributed by atoms with Crippen LogP contribution in [0.5, 0.6) is 5.75 Å². The molecule has 0 aliphatic carbocycles. The van der Waals surface area contributed by atoms with Gasteiger partial charge in [0.2, 0.25) is 0 Å².